The Bertz CT molecular complexity index is 724. The number of sulfone groups is 1. The Labute approximate surface area is 123 Å². The maximum atomic E-state index is 11.4. The zero-order valence-corrected chi connectivity index (χ0v) is 12.6. The van der Waals surface area contributed by atoms with E-state index in [-0.39, 0.29) is 11.8 Å². The molecule has 0 radical (unpaired) electrons. The van der Waals surface area contributed by atoms with Gasteiger partial charge in [0.2, 0.25) is 0 Å². The third-order valence-electron chi connectivity index (χ3n) is 3.75. The monoisotopic (exact) mass is 312 g/mol. The fourth-order valence-corrected chi connectivity index (χ4v) is 4.60. The molecule has 108 valence electrons. The first-order valence-electron chi connectivity index (χ1n) is 6.72. The van der Waals surface area contributed by atoms with Gasteiger partial charge in [-0.1, -0.05) is 11.6 Å². The summed E-state index contributed by atoms with van der Waals surface area (Å²) in [7, 11) is -2.80. The van der Waals surface area contributed by atoms with Crippen LogP contribution in [-0.4, -0.2) is 37.1 Å². The Kier molecular flexibility index (Phi) is 3.75. The first-order chi connectivity index (χ1) is 9.53. The lowest BCUT2D eigenvalue weighted by molar-refractivity contribution is 0.525. The number of hydrogen-bond donors (Lipinski definition) is 1. The zero-order valence-electron chi connectivity index (χ0n) is 11.0. The molecule has 1 unspecified atom stereocenters. The number of aromatic nitrogens is 1. The fraction of sp³-hybridized carbons (Fsp3) is 0.429. The number of hydrogen-bond acceptors (Lipinski definition) is 3. The van der Waals surface area contributed by atoms with Crippen LogP contribution in [0, 0.1) is 0 Å². The largest absolute Gasteiger partial charge is 0.346 e. The molecule has 1 N–H and O–H groups in total. The molecule has 0 saturated carbocycles. The summed E-state index contributed by atoms with van der Waals surface area (Å²) in [6.07, 6.45) is 2.76. The van der Waals surface area contributed by atoms with Crippen LogP contribution in [0.5, 0.6) is 0 Å². The van der Waals surface area contributed by atoms with Gasteiger partial charge < -0.3 is 9.88 Å². The lowest BCUT2D eigenvalue weighted by atomic mass is 10.2. The molecule has 0 amide bonds. The molecule has 20 heavy (non-hydrogen) atoms. The van der Waals surface area contributed by atoms with Crippen LogP contribution in [-0.2, 0) is 16.4 Å². The predicted molar refractivity (Wildman–Crippen MR) is 82.0 cm³/mol. The van der Waals surface area contributed by atoms with E-state index in [1.165, 1.54) is 0 Å². The molecule has 3 rings (SSSR count). The quantitative estimate of drug-likeness (QED) is 0.940. The molecule has 1 aliphatic heterocycles. The third-order valence-corrected chi connectivity index (χ3v) is 5.75. The minimum absolute atomic E-state index is 0.108. The smallest absolute Gasteiger partial charge is 0.151 e. The van der Waals surface area contributed by atoms with Gasteiger partial charge in [0.1, 0.15) is 0 Å². The van der Waals surface area contributed by atoms with Crippen LogP contribution in [0.3, 0.4) is 0 Å². The Morgan fingerprint density at radius 3 is 2.95 bits per heavy atom. The lowest BCUT2D eigenvalue weighted by Crippen LogP contribution is -2.32. The minimum atomic E-state index is -2.80. The van der Waals surface area contributed by atoms with Gasteiger partial charge >= 0.3 is 0 Å². The van der Waals surface area contributed by atoms with Gasteiger partial charge in [-0.05, 0) is 30.7 Å². The van der Waals surface area contributed by atoms with E-state index in [1.807, 2.05) is 30.5 Å². The van der Waals surface area contributed by atoms with E-state index < -0.39 is 9.84 Å². The van der Waals surface area contributed by atoms with Gasteiger partial charge in [-0.25, -0.2) is 8.42 Å². The summed E-state index contributed by atoms with van der Waals surface area (Å²) in [5, 5.41) is 5.19. The third kappa shape index (κ3) is 3.00. The topological polar surface area (TPSA) is 51.1 Å². The molecule has 0 bridgehead atoms. The number of rotatable bonds is 4. The highest BCUT2D eigenvalue weighted by molar-refractivity contribution is 7.91. The SMILES string of the molecule is O=S1(=O)CCC(NCCn2ccc3cc(Cl)ccc32)C1. The summed E-state index contributed by atoms with van der Waals surface area (Å²) in [5.74, 6) is 0.588. The van der Waals surface area contributed by atoms with Gasteiger partial charge in [-0.15, -0.1) is 0 Å². The van der Waals surface area contributed by atoms with Gasteiger partial charge in [-0.2, -0.15) is 0 Å². The maximum Gasteiger partial charge on any atom is 0.151 e. The molecule has 0 aliphatic carbocycles. The van der Waals surface area contributed by atoms with Crippen LogP contribution in [0.25, 0.3) is 10.9 Å². The predicted octanol–water partition coefficient (Wildman–Crippen LogP) is 2.07. The van der Waals surface area contributed by atoms with E-state index >= 15 is 0 Å². The molecule has 2 heterocycles. The zero-order chi connectivity index (χ0) is 14.2. The van der Waals surface area contributed by atoms with Gasteiger partial charge in [0.25, 0.3) is 0 Å². The van der Waals surface area contributed by atoms with Gasteiger partial charge in [-0.3, -0.25) is 0 Å². The fourth-order valence-electron chi connectivity index (χ4n) is 2.71. The van der Waals surface area contributed by atoms with E-state index in [0.29, 0.717) is 5.75 Å². The van der Waals surface area contributed by atoms with E-state index in [2.05, 4.69) is 9.88 Å². The number of fused-ring (bicyclic) bond motifs is 1. The molecule has 2 aromatic rings. The van der Waals surface area contributed by atoms with Crippen LogP contribution in [0.4, 0.5) is 0 Å². The van der Waals surface area contributed by atoms with Crippen molar-refractivity contribution in [2.24, 2.45) is 0 Å². The number of halogens is 1. The van der Waals surface area contributed by atoms with Crippen molar-refractivity contribution in [1.82, 2.24) is 9.88 Å². The molecule has 1 aliphatic rings. The second-order valence-electron chi connectivity index (χ2n) is 5.27. The Morgan fingerprint density at radius 1 is 1.35 bits per heavy atom. The van der Waals surface area contributed by atoms with E-state index in [1.54, 1.807) is 0 Å². The molecule has 1 atom stereocenters. The van der Waals surface area contributed by atoms with Crippen molar-refractivity contribution in [2.75, 3.05) is 18.1 Å². The summed E-state index contributed by atoms with van der Waals surface area (Å²) in [6.45, 7) is 1.59. The van der Waals surface area contributed by atoms with Crippen LogP contribution in [0.15, 0.2) is 30.5 Å². The highest BCUT2D eigenvalue weighted by atomic mass is 35.5. The van der Waals surface area contributed by atoms with E-state index in [9.17, 15) is 8.42 Å². The highest BCUT2D eigenvalue weighted by Gasteiger charge is 2.26. The van der Waals surface area contributed by atoms with Crippen molar-refractivity contribution in [3.8, 4) is 0 Å². The van der Waals surface area contributed by atoms with Crippen LogP contribution >= 0.6 is 11.6 Å². The Morgan fingerprint density at radius 2 is 2.20 bits per heavy atom. The summed E-state index contributed by atoms with van der Waals surface area (Å²) >= 11 is 5.97. The summed E-state index contributed by atoms with van der Waals surface area (Å²) in [6, 6.07) is 8.00. The van der Waals surface area contributed by atoms with E-state index in [4.69, 9.17) is 11.6 Å². The minimum Gasteiger partial charge on any atom is -0.346 e. The second-order valence-corrected chi connectivity index (χ2v) is 7.93. The number of nitrogens with zero attached hydrogens (tertiary/aromatic N) is 1. The average molecular weight is 313 g/mol. The first kappa shape index (κ1) is 13.9. The van der Waals surface area contributed by atoms with Crippen molar-refractivity contribution >= 4 is 32.3 Å². The molecule has 1 saturated heterocycles. The van der Waals surface area contributed by atoms with Crippen molar-refractivity contribution in [3.63, 3.8) is 0 Å². The molecule has 6 heteroatoms. The normalized spacial score (nSPS) is 21.6. The van der Waals surface area contributed by atoms with Crippen molar-refractivity contribution in [2.45, 2.75) is 19.0 Å². The standard InChI is InChI=1S/C14H17ClN2O2S/c15-12-1-2-14-11(9-12)3-6-17(14)7-5-16-13-4-8-20(18,19)10-13/h1-3,6,9,13,16H,4-5,7-8,10H2. The summed E-state index contributed by atoms with van der Waals surface area (Å²) in [5.41, 5.74) is 1.15. The first-order valence-corrected chi connectivity index (χ1v) is 8.92. The molecular formula is C14H17ClN2O2S. The summed E-state index contributed by atoms with van der Waals surface area (Å²) < 4.78 is 24.9. The maximum absolute atomic E-state index is 11.4. The average Bonchev–Trinajstić information content (AvgIpc) is 2.93. The lowest BCUT2D eigenvalue weighted by Gasteiger charge is -2.11. The van der Waals surface area contributed by atoms with Gasteiger partial charge in [0, 0.05) is 41.3 Å². The summed E-state index contributed by atoms with van der Waals surface area (Å²) in [4.78, 5) is 0. The van der Waals surface area contributed by atoms with Crippen LogP contribution < -0.4 is 5.32 Å². The Balaban J connectivity index is 1.60. The molecule has 1 aromatic carbocycles. The molecule has 1 aromatic heterocycles. The molecular weight excluding hydrogens is 296 g/mol. The highest BCUT2D eigenvalue weighted by Crippen LogP contribution is 2.20. The molecule has 0 spiro atoms. The van der Waals surface area contributed by atoms with Crippen LogP contribution in [0.1, 0.15) is 6.42 Å². The van der Waals surface area contributed by atoms with E-state index in [0.717, 1.165) is 35.4 Å². The number of benzene rings is 1. The second kappa shape index (κ2) is 5.39. The van der Waals surface area contributed by atoms with Crippen LogP contribution in [0.2, 0.25) is 5.02 Å². The van der Waals surface area contributed by atoms with Gasteiger partial charge in [0.15, 0.2) is 9.84 Å². The van der Waals surface area contributed by atoms with Crippen molar-refractivity contribution in [3.05, 3.63) is 35.5 Å². The van der Waals surface area contributed by atoms with Crippen molar-refractivity contribution in [1.29, 1.82) is 0 Å². The molecule has 1 fully saturated rings. The Hall–Kier alpha value is -1.04. The number of nitrogens with one attached hydrogen (secondary N) is 1. The van der Waals surface area contributed by atoms with Crippen molar-refractivity contribution < 1.29 is 8.42 Å². The van der Waals surface area contributed by atoms with Gasteiger partial charge in [0.05, 0.1) is 11.5 Å². The molecule has 4 nitrogen and oxygen atoms in total.